The molecule has 1 heterocycles. The van der Waals surface area contributed by atoms with Crippen LogP contribution in [0.25, 0.3) is 5.69 Å². The number of benzene rings is 1. The van der Waals surface area contributed by atoms with E-state index in [2.05, 4.69) is 56.2 Å². The highest BCUT2D eigenvalue weighted by molar-refractivity contribution is 5.40. The fraction of sp³-hybridized carbons (Fsp3) is 0.467. The largest absolute Gasteiger partial charge is 0.325 e. The third kappa shape index (κ3) is 3.01. The molecule has 102 valence electrons. The van der Waals surface area contributed by atoms with Gasteiger partial charge in [0.25, 0.3) is 0 Å². The zero-order valence-electron chi connectivity index (χ0n) is 12.1. The van der Waals surface area contributed by atoms with Crippen LogP contribution in [0.4, 0.5) is 0 Å². The summed E-state index contributed by atoms with van der Waals surface area (Å²) in [6.45, 7) is 9.02. The van der Waals surface area contributed by atoms with Gasteiger partial charge in [0.15, 0.2) is 0 Å². The normalized spacial score (nSPS) is 11.3. The minimum Gasteiger partial charge on any atom is -0.325 e. The van der Waals surface area contributed by atoms with Gasteiger partial charge in [-0.3, -0.25) is 0 Å². The molecule has 4 heteroatoms. The highest BCUT2D eigenvalue weighted by Crippen LogP contribution is 2.19. The summed E-state index contributed by atoms with van der Waals surface area (Å²) in [5, 5.41) is 8.49. The first kappa shape index (κ1) is 13.7. The lowest BCUT2D eigenvalue weighted by Crippen LogP contribution is -2.09. The number of hydrogen-bond acceptors (Lipinski definition) is 3. The Kier molecular flexibility index (Phi) is 4.00. The second-order valence-corrected chi connectivity index (χ2v) is 5.54. The molecule has 0 unspecified atom stereocenters. The summed E-state index contributed by atoms with van der Waals surface area (Å²) in [4.78, 5) is 0. The Balaban J connectivity index is 2.51. The molecule has 0 aliphatic rings. The molecule has 0 atom stereocenters. The molecule has 1 aromatic carbocycles. The standard InChI is InChI=1S/C15H22N4/c1-10(2)5-15-14(9-16)17-18-19(15)13-7-11(3)6-12(4)8-13/h6-8,10H,5,9,16H2,1-4H3. The summed E-state index contributed by atoms with van der Waals surface area (Å²) in [6, 6.07) is 6.42. The van der Waals surface area contributed by atoms with Crippen LogP contribution in [0.2, 0.25) is 0 Å². The van der Waals surface area contributed by atoms with Crippen LogP contribution in [0.15, 0.2) is 18.2 Å². The Morgan fingerprint density at radius 1 is 1.16 bits per heavy atom. The van der Waals surface area contributed by atoms with E-state index in [1.807, 2.05) is 4.68 Å². The van der Waals surface area contributed by atoms with Gasteiger partial charge in [-0.05, 0) is 49.4 Å². The first-order valence-corrected chi connectivity index (χ1v) is 6.73. The van der Waals surface area contributed by atoms with Crippen molar-refractivity contribution in [3.05, 3.63) is 40.7 Å². The van der Waals surface area contributed by atoms with Gasteiger partial charge < -0.3 is 5.73 Å². The Morgan fingerprint density at radius 3 is 2.32 bits per heavy atom. The van der Waals surface area contributed by atoms with Crippen LogP contribution in [0.3, 0.4) is 0 Å². The molecular formula is C15H22N4. The molecule has 1 aromatic heterocycles. The molecule has 4 nitrogen and oxygen atoms in total. The number of rotatable bonds is 4. The third-order valence-corrected chi connectivity index (χ3v) is 3.09. The van der Waals surface area contributed by atoms with Crippen LogP contribution in [0.1, 0.15) is 36.4 Å². The summed E-state index contributed by atoms with van der Waals surface area (Å²) in [5.41, 5.74) is 11.3. The minimum absolute atomic E-state index is 0.437. The lowest BCUT2D eigenvalue weighted by Gasteiger charge is -2.11. The molecule has 19 heavy (non-hydrogen) atoms. The van der Waals surface area contributed by atoms with Gasteiger partial charge in [0.05, 0.1) is 17.1 Å². The first-order valence-electron chi connectivity index (χ1n) is 6.73. The SMILES string of the molecule is Cc1cc(C)cc(-n2nnc(CN)c2CC(C)C)c1. The van der Waals surface area contributed by atoms with E-state index in [-0.39, 0.29) is 0 Å². The second kappa shape index (κ2) is 5.53. The molecule has 0 aliphatic carbocycles. The number of nitrogens with two attached hydrogens (primary N) is 1. The first-order chi connectivity index (χ1) is 9.01. The Morgan fingerprint density at radius 2 is 1.79 bits per heavy atom. The van der Waals surface area contributed by atoms with Gasteiger partial charge in [0, 0.05) is 6.54 Å². The summed E-state index contributed by atoms with van der Waals surface area (Å²) < 4.78 is 1.93. The Labute approximate surface area is 114 Å². The van der Waals surface area contributed by atoms with E-state index in [0.29, 0.717) is 12.5 Å². The van der Waals surface area contributed by atoms with Crippen molar-refractivity contribution in [3.8, 4) is 5.69 Å². The van der Waals surface area contributed by atoms with Crippen molar-refractivity contribution < 1.29 is 0 Å². The number of nitrogens with zero attached hydrogens (tertiary/aromatic N) is 3. The summed E-state index contributed by atoms with van der Waals surface area (Å²) in [6.07, 6.45) is 0.937. The summed E-state index contributed by atoms with van der Waals surface area (Å²) in [7, 11) is 0. The molecule has 0 fully saturated rings. The van der Waals surface area contributed by atoms with Gasteiger partial charge in [-0.2, -0.15) is 0 Å². The number of aromatic nitrogens is 3. The second-order valence-electron chi connectivity index (χ2n) is 5.54. The van der Waals surface area contributed by atoms with Crippen molar-refractivity contribution in [2.45, 2.75) is 40.7 Å². The Bertz CT molecular complexity index is 549. The highest BCUT2D eigenvalue weighted by atomic mass is 15.4. The maximum absolute atomic E-state index is 5.76. The molecule has 0 bridgehead atoms. The van der Waals surface area contributed by atoms with Crippen LogP contribution < -0.4 is 5.73 Å². The van der Waals surface area contributed by atoms with E-state index < -0.39 is 0 Å². The topological polar surface area (TPSA) is 56.7 Å². The van der Waals surface area contributed by atoms with Gasteiger partial charge >= 0.3 is 0 Å². The molecule has 0 radical (unpaired) electrons. The molecule has 2 rings (SSSR count). The lowest BCUT2D eigenvalue weighted by atomic mass is 10.1. The predicted octanol–water partition coefficient (Wildman–Crippen LogP) is 2.54. The fourth-order valence-corrected chi connectivity index (χ4v) is 2.36. The summed E-state index contributed by atoms with van der Waals surface area (Å²) >= 11 is 0. The van der Waals surface area contributed by atoms with E-state index in [9.17, 15) is 0 Å². The number of hydrogen-bond donors (Lipinski definition) is 1. The van der Waals surface area contributed by atoms with Crippen LogP contribution >= 0.6 is 0 Å². The average Bonchev–Trinajstić information content (AvgIpc) is 2.69. The zero-order chi connectivity index (χ0) is 14.0. The average molecular weight is 258 g/mol. The van der Waals surface area contributed by atoms with Gasteiger partial charge in [0.1, 0.15) is 0 Å². The van der Waals surface area contributed by atoms with Crippen LogP contribution in [-0.4, -0.2) is 15.0 Å². The third-order valence-electron chi connectivity index (χ3n) is 3.09. The van der Waals surface area contributed by atoms with E-state index in [1.165, 1.54) is 11.1 Å². The molecule has 0 spiro atoms. The monoisotopic (exact) mass is 258 g/mol. The van der Waals surface area contributed by atoms with Crippen molar-refractivity contribution >= 4 is 0 Å². The maximum atomic E-state index is 5.76. The molecule has 0 amide bonds. The van der Waals surface area contributed by atoms with E-state index in [0.717, 1.165) is 23.5 Å². The van der Waals surface area contributed by atoms with Crippen LogP contribution in [-0.2, 0) is 13.0 Å². The van der Waals surface area contributed by atoms with Crippen molar-refractivity contribution in [2.24, 2.45) is 11.7 Å². The van der Waals surface area contributed by atoms with Crippen molar-refractivity contribution in [2.75, 3.05) is 0 Å². The van der Waals surface area contributed by atoms with Gasteiger partial charge in [-0.15, -0.1) is 5.10 Å². The van der Waals surface area contributed by atoms with E-state index in [1.54, 1.807) is 0 Å². The maximum Gasteiger partial charge on any atom is 0.0999 e. The molecule has 2 aromatic rings. The Hall–Kier alpha value is -1.68. The molecule has 0 aliphatic heterocycles. The lowest BCUT2D eigenvalue weighted by molar-refractivity contribution is 0.611. The molecular weight excluding hydrogens is 236 g/mol. The van der Waals surface area contributed by atoms with Crippen molar-refractivity contribution in [1.29, 1.82) is 0 Å². The van der Waals surface area contributed by atoms with E-state index in [4.69, 9.17) is 5.73 Å². The van der Waals surface area contributed by atoms with Crippen LogP contribution in [0, 0.1) is 19.8 Å². The fourth-order valence-electron chi connectivity index (χ4n) is 2.36. The minimum atomic E-state index is 0.437. The van der Waals surface area contributed by atoms with Gasteiger partial charge in [-0.25, -0.2) is 4.68 Å². The van der Waals surface area contributed by atoms with Crippen LogP contribution in [0.5, 0.6) is 0 Å². The van der Waals surface area contributed by atoms with Crippen molar-refractivity contribution in [1.82, 2.24) is 15.0 Å². The number of aryl methyl sites for hydroxylation is 2. The molecule has 0 saturated heterocycles. The predicted molar refractivity (Wildman–Crippen MR) is 77.3 cm³/mol. The zero-order valence-corrected chi connectivity index (χ0v) is 12.1. The van der Waals surface area contributed by atoms with Gasteiger partial charge in [-0.1, -0.05) is 25.1 Å². The molecule has 0 saturated carbocycles. The van der Waals surface area contributed by atoms with Gasteiger partial charge in [0.2, 0.25) is 0 Å². The van der Waals surface area contributed by atoms with E-state index >= 15 is 0 Å². The quantitative estimate of drug-likeness (QED) is 0.917. The molecule has 2 N–H and O–H groups in total. The summed E-state index contributed by atoms with van der Waals surface area (Å²) in [5.74, 6) is 0.549. The smallest absolute Gasteiger partial charge is 0.0999 e. The highest BCUT2D eigenvalue weighted by Gasteiger charge is 2.14. The van der Waals surface area contributed by atoms with Crippen molar-refractivity contribution in [3.63, 3.8) is 0 Å².